The van der Waals surface area contributed by atoms with Gasteiger partial charge in [-0.2, -0.15) is 0 Å². The molecule has 0 amide bonds. The minimum absolute atomic E-state index is 0.155. The fourth-order valence-corrected chi connectivity index (χ4v) is 1.62. The molecule has 6 nitrogen and oxygen atoms in total. The van der Waals surface area contributed by atoms with Crippen molar-refractivity contribution in [1.29, 1.82) is 0 Å². The van der Waals surface area contributed by atoms with Gasteiger partial charge in [0.2, 0.25) is 5.75 Å². The van der Waals surface area contributed by atoms with Gasteiger partial charge in [-0.05, 0) is 19.4 Å². The number of esters is 1. The van der Waals surface area contributed by atoms with Gasteiger partial charge in [-0.1, -0.05) is 19.4 Å². The standard InChI is InChI=1S/C13H16FNO5/c1-3-6-11(13(16)19-4-2)20-12-9(14)7-5-8-10(12)15(17)18/h5,7-8,11H,3-4,6H2,1-2H3. The fourth-order valence-electron chi connectivity index (χ4n) is 1.62. The van der Waals surface area contributed by atoms with Gasteiger partial charge >= 0.3 is 11.7 Å². The number of ether oxygens (including phenoxy) is 2. The number of para-hydroxylation sites is 1. The van der Waals surface area contributed by atoms with Crippen LogP contribution in [-0.2, 0) is 9.53 Å². The zero-order chi connectivity index (χ0) is 15.1. The summed E-state index contributed by atoms with van der Waals surface area (Å²) in [5.74, 6) is -2.08. The number of nitro groups is 1. The van der Waals surface area contributed by atoms with E-state index in [4.69, 9.17) is 9.47 Å². The van der Waals surface area contributed by atoms with Gasteiger partial charge < -0.3 is 9.47 Å². The van der Waals surface area contributed by atoms with Crippen LogP contribution in [0.1, 0.15) is 26.7 Å². The molecule has 0 saturated heterocycles. The lowest BCUT2D eigenvalue weighted by Gasteiger charge is -2.17. The van der Waals surface area contributed by atoms with Gasteiger partial charge in [0.05, 0.1) is 11.5 Å². The quantitative estimate of drug-likeness (QED) is 0.437. The average Bonchev–Trinajstić information content (AvgIpc) is 2.40. The first-order valence-corrected chi connectivity index (χ1v) is 6.27. The molecule has 110 valence electrons. The Morgan fingerprint density at radius 2 is 2.15 bits per heavy atom. The molecular formula is C13H16FNO5. The third-order valence-electron chi connectivity index (χ3n) is 2.50. The van der Waals surface area contributed by atoms with E-state index in [0.29, 0.717) is 6.42 Å². The number of carbonyl (C=O) groups excluding carboxylic acids is 1. The lowest BCUT2D eigenvalue weighted by molar-refractivity contribution is -0.386. The lowest BCUT2D eigenvalue weighted by atomic mass is 10.2. The maximum atomic E-state index is 13.7. The largest absolute Gasteiger partial charge is 0.469 e. The van der Waals surface area contributed by atoms with Crippen LogP contribution in [0.4, 0.5) is 10.1 Å². The molecule has 0 spiro atoms. The molecule has 0 radical (unpaired) electrons. The summed E-state index contributed by atoms with van der Waals surface area (Å²) >= 11 is 0. The molecule has 0 fully saturated rings. The first kappa shape index (κ1) is 15.9. The van der Waals surface area contributed by atoms with Crippen LogP contribution in [-0.4, -0.2) is 23.6 Å². The topological polar surface area (TPSA) is 78.7 Å². The number of nitro benzene ring substituents is 1. The number of hydrogen-bond acceptors (Lipinski definition) is 5. The minimum atomic E-state index is -1.06. The number of benzene rings is 1. The smallest absolute Gasteiger partial charge is 0.347 e. The van der Waals surface area contributed by atoms with Gasteiger partial charge in [0.1, 0.15) is 0 Å². The molecule has 0 aliphatic carbocycles. The molecule has 0 aromatic heterocycles. The number of hydrogen-bond donors (Lipinski definition) is 0. The number of halogens is 1. The molecule has 0 aliphatic heterocycles. The Labute approximate surface area is 115 Å². The van der Waals surface area contributed by atoms with E-state index in [-0.39, 0.29) is 13.0 Å². The van der Waals surface area contributed by atoms with E-state index >= 15 is 0 Å². The van der Waals surface area contributed by atoms with Crippen LogP contribution in [0.2, 0.25) is 0 Å². The molecule has 1 aromatic rings. The highest BCUT2D eigenvalue weighted by Crippen LogP contribution is 2.31. The van der Waals surface area contributed by atoms with Gasteiger partial charge in [-0.15, -0.1) is 0 Å². The van der Waals surface area contributed by atoms with Gasteiger partial charge in [0.15, 0.2) is 11.9 Å². The van der Waals surface area contributed by atoms with E-state index in [1.54, 1.807) is 6.92 Å². The van der Waals surface area contributed by atoms with Crippen LogP contribution in [0.15, 0.2) is 18.2 Å². The van der Waals surface area contributed by atoms with E-state index < -0.39 is 34.3 Å². The molecule has 0 aliphatic rings. The van der Waals surface area contributed by atoms with Crippen molar-refractivity contribution in [1.82, 2.24) is 0 Å². The van der Waals surface area contributed by atoms with Crippen LogP contribution >= 0.6 is 0 Å². The predicted molar refractivity (Wildman–Crippen MR) is 69.0 cm³/mol. The molecule has 1 unspecified atom stereocenters. The zero-order valence-electron chi connectivity index (χ0n) is 11.3. The van der Waals surface area contributed by atoms with Crippen LogP contribution in [0.5, 0.6) is 5.75 Å². The van der Waals surface area contributed by atoms with Gasteiger partial charge in [-0.25, -0.2) is 9.18 Å². The van der Waals surface area contributed by atoms with Gasteiger partial charge in [0, 0.05) is 6.07 Å². The van der Waals surface area contributed by atoms with E-state index in [2.05, 4.69) is 0 Å². The fraction of sp³-hybridized carbons (Fsp3) is 0.462. The first-order chi connectivity index (χ1) is 9.51. The highest BCUT2D eigenvalue weighted by molar-refractivity contribution is 5.75. The SMILES string of the molecule is CCCC(Oc1c(F)cccc1[N+](=O)[O-])C(=O)OCC. The lowest BCUT2D eigenvalue weighted by Crippen LogP contribution is -2.29. The molecule has 0 N–H and O–H groups in total. The van der Waals surface area contributed by atoms with Crippen molar-refractivity contribution in [3.05, 3.63) is 34.1 Å². The summed E-state index contributed by atoms with van der Waals surface area (Å²) in [6, 6.07) is 3.36. The highest BCUT2D eigenvalue weighted by atomic mass is 19.1. The third kappa shape index (κ3) is 3.91. The molecular weight excluding hydrogens is 269 g/mol. The molecule has 0 saturated carbocycles. The molecule has 0 bridgehead atoms. The van der Waals surface area contributed by atoms with Crippen molar-refractivity contribution >= 4 is 11.7 Å². The zero-order valence-corrected chi connectivity index (χ0v) is 11.3. The van der Waals surface area contributed by atoms with Crippen molar-refractivity contribution in [2.24, 2.45) is 0 Å². The molecule has 0 heterocycles. The molecule has 20 heavy (non-hydrogen) atoms. The maximum absolute atomic E-state index is 13.7. The second kappa shape index (κ2) is 7.42. The Morgan fingerprint density at radius 3 is 2.70 bits per heavy atom. The molecule has 1 atom stereocenters. The normalized spacial score (nSPS) is 11.8. The predicted octanol–water partition coefficient (Wildman–Crippen LogP) is 2.84. The average molecular weight is 285 g/mol. The Balaban J connectivity index is 3.04. The van der Waals surface area contributed by atoms with E-state index in [1.807, 2.05) is 6.92 Å². The summed E-state index contributed by atoms with van der Waals surface area (Å²) in [5.41, 5.74) is -0.518. The van der Waals surface area contributed by atoms with Crippen molar-refractivity contribution in [2.75, 3.05) is 6.61 Å². The number of rotatable bonds is 7. The molecule has 7 heteroatoms. The minimum Gasteiger partial charge on any atom is -0.469 e. The Morgan fingerprint density at radius 1 is 1.45 bits per heavy atom. The van der Waals surface area contributed by atoms with Crippen LogP contribution < -0.4 is 4.74 Å². The Kier molecular flexibility index (Phi) is 5.89. The maximum Gasteiger partial charge on any atom is 0.347 e. The Hall–Kier alpha value is -2.18. The van der Waals surface area contributed by atoms with Crippen molar-refractivity contribution in [3.63, 3.8) is 0 Å². The summed E-state index contributed by atoms with van der Waals surface area (Å²) in [6.07, 6.45) is -0.189. The van der Waals surface area contributed by atoms with Gasteiger partial charge in [-0.3, -0.25) is 10.1 Å². The monoisotopic (exact) mass is 285 g/mol. The van der Waals surface area contributed by atoms with Crippen LogP contribution in [0.25, 0.3) is 0 Å². The second-order valence-electron chi connectivity index (χ2n) is 3.99. The molecule has 1 rings (SSSR count). The summed E-state index contributed by atoms with van der Waals surface area (Å²) in [6.45, 7) is 3.60. The van der Waals surface area contributed by atoms with Crippen LogP contribution in [0.3, 0.4) is 0 Å². The van der Waals surface area contributed by atoms with Crippen molar-refractivity contribution in [3.8, 4) is 5.75 Å². The van der Waals surface area contributed by atoms with Gasteiger partial charge in [0.25, 0.3) is 0 Å². The number of nitrogens with zero attached hydrogens (tertiary/aromatic N) is 1. The number of carbonyl (C=O) groups is 1. The van der Waals surface area contributed by atoms with Crippen molar-refractivity contribution in [2.45, 2.75) is 32.8 Å². The van der Waals surface area contributed by atoms with E-state index in [0.717, 1.165) is 12.1 Å². The van der Waals surface area contributed by atoms with E-state index in [9.17, 15) is 19.3 Å². The summed E-state index contributed by atoms with van der Waals surface area (Å²) < 4.78 is 23.7. The highest BCUT2D eigenvalue weighted by Gasteiger charge is 2.27. The third-order valence-corrected chi connectivity index (χ3v) is 2.50. The Bertz CT molecular complexity index is 492. The second-order valence-corrected chi connectivity index (χ2v) is 3.99. The summed E-state index contributed by atoms with van der Waals surface area (Å²) in [7, 11) is 0. The van der Waals surface area contributed by atoms with Crippen LogP contribution in [0, 0.1) is 15.9 Å². The van der Waals surface area contributed by atoms with E-state index in [1.165, 1.54) is 6.07 Å². The first-order valence-electron chi connectivity index (χ1n) is 6.27. The summed E-state index contributed by atoms with van der Waals surface area (Å²) in [4.78, 5) is 21.8. The molecule has 1 aromatic carbocycles. The van der Waals surface area contributed by atoms with Crippen molar-refractivity contribution < 1.29 is 23.6 Å². The summed E-state index contributed by atoms with van der Waals surface area (Å²) in [5, 5.41) is 10.9.